The van der Waals surface area contributed by atoms with E-state index in [2.05, 4.69) is 34.9 Å². The van der Waals surface area contributed by atoms with Crippen molar-refractivity contribution in [3.05, 3.63) is 35.4 Å². The summed E-state index contributed by atoms with van der Waals surface area (Å²) < 4.78 is 0. The predicted octanol–water partition coefficient (Wildman–Crippen LogP) is -6.63. The van der Waals surface area contributed by atoms with E-state index < -0.39 is 0 Å². The Balaban J connectivity index is 0.000000722. The zero-order valence-corrected chi connectivity index (χ0v) is 11.5. The van der Waals surface area contributed by atoms with E-state index in [1.54, 1.807) is 11.1 Å². The molecular weight excluding hydrogens is 255 g/mol. The maximum atomic E-state index is 2.60. The number of nitrogens with two attached hydrogens (primary N) is 2. The molecule has 2 nitrogen and oxygen atoms in total. The third-order valence-corrected chi connectivity index (χ3v) is 4.09. The maximum Gasteiger partial charge on any atom is 0.133 e. The zero-order chi connectivity index (χ0) is 10.1. The summed E-state index contributed by atoms with van der Waals surface area (Å²) in [5, 5.41) is 5.05. The minimum absolute atomic E-state index is 0. The van der Waals surface area contributed by atoms with Gasteiger partial charge in [-0.2, -0.15) is 0 Å². The summed E-state index contributed by atoms with van der Waals surface area (Å²) in [5.74, 6) is 0. The van der Waals surface area contributed by atoms with E-state index >= 15 is 0 Å². The predicted molar refractivity (Wildman–Crippen MR) is 59.5 cm³/mol. The van der Waals surface area contributed by atoms with Gasteiger partial charge in [-0.3, -0.25) is 0 Å². The Bertz CT molecular complexity index is 362. The van der Waals surface area contributed by atoms with E-state index in [9.17, 15) is 0 Å². The highest BCUT2D eigenvalue weighted by molar-refractivity contribution is 5.33. The van der Waals surface area contributed by atoms with Gasteiger partial charge < -0.3 is 35.4 Å². The molecule has 3 rings (SSSR count). The van der Waals surface area contributed by atoms with Crippen LogP contribution in [0.5, 0.6) is 0 Å². The number of hydrogen-bond donors (Lipinski definition) is 2. The summed E-state index contributed by atoms with van der Waals surface area (Å²) in [5.41, 5.74) is 3.66. The molecule has 2 aliphatic heterocycles. The first-order valence-corrected chi connectivity index (χ1v) is 6.15. The molecule has 1 fully saturated rings. The highest BCUT2D eigenvalue weighted by Crippen LogP contribution is 2.30. The van der Waals surface area contributed by atoms with Crippen molar-refractivity contribution in [1.82, 2.24) is 0 Å². The molecule has 0 saturated carbocycles. The standard InChI is InChI=1S/C13H18N2.2ClH/c1-2-4-12-11(3-1)5-8-15-13(12)6-9-14-10-7-13;;/h1-4,14-15H,5-10H2;2*1H. The molecule has 0 aliphatic carbocycles. The molecule has 2 aliphatic rings. The third kappa shape index (κ3) is 2.60. The quantitative estimate of drug-likeness (QED) is 0.472. The zero-order valence-electron chi connectivity index (χ0n) is 9.96. The SMILES string of the molecule is [Cl-].[Cl-].c1ccc2c(c1)CC[NH2+]C21CC[NH2+]CC1. The molecule has 96 valence electrons. The molecule has 1 aromatic carbocycles. The smallest absolute Gasteiger partial charge is 0.133 e. The molecule has 17 heavy (non-hydrogen) atoms. The number of piperidine rings is 1. The van der Waals surface area contributed by atoms with Crippen molar-refractivity contribution >= 4 is 0 Å². The van der Waals surface area contributed by atoms with Crippen LogP contribution in [0.1, 0.15) is 24.0 Å². The Labute approximate surface area is 115 Å². The van der Waals surface area contributed by atoms with Gasteiger partial charge >= 0.3 is 0 Å². The monoisotopic (exact) mass is 274 g/mol. The van der Waals surface area contributed by atoms with Crippen LogP contribution in [0, 0.1) is 0 Å². The van der Waals surface area contributed by atoms with E-state index in [0.29, 0.717) is 5.54 Å². The first kappa shape index (κ1) is 14.8. The Morgan fingerprint density at radius 3 is 2.41 bits per heavy atom. The number of halogens is 2. The minimum atomic E-state index is 0. The topological polar surface area (TPSA) is 33.2 Å². The number of hydrogen-bond acceptors (Lipinski definition) is 0. The van der Waals surface area contributed by atoms with Crippen LogP contribution in [0.3, 0.4) is 0 Å². The van der Waals surface area contributed by atoms with E-state index in [-0.39, 0.29) is 24.8 Å². The first-order valence-electron chi connectivity index (χ1n) is 6.15. The van der Waals surface area contributed by atoms with Gasteiger partial charge in [-0.1, -0.05) is 24.3 Å². The van der Waals surface area contributed by atoms with Crippen LogP contribution < -0.4 is 35.4 Å². The lowest BCUT2D eigenvalue weighted by atomic mass is 9.76. The van der Waals surface area contributed by atoms with Crippen molar-refractivity contribution in [1.29, 1.82) is 0 Å². The van der Waals surface area contributed by atoms with Crippen molar-refractivity contribution < 1.29 is 35.4 Å². The van der Waals surface area contributed by atoms with Crippen LogP contribution in [0.4, 0.5) is 0 Å². The van der Waals surface area contributed by atoms with Crippen LogP contribution in [0.25, 0.3) is 0 Å². The van der Waals surface area contributed by atoms with E-state index in [1.165, 1.54) is 38.9 Å². The lowest BCUT2D eigenvalue weighted by Gasteiger charge is -2.38. The second-order valence-electron chi connectivity index (χ2n) is 4.92. The van der Waals surface area contributed by atoms with Gasteiger partial charge in [0.15, 0.2) is 0 Å². The summed E-state index contributed by atoms with van der Waals surface area (Å²) in [6.45, 7) is 3.87. The minimum Gasteiger partial charge on any atom is -1.00 e. The lowest BCUT2D eigenvalue weighted by molar-refractivity contribution is -0.773. The van der Waals surface area contributed by atoms with Gasteiger partial charge in [0.25, 0.3) is 0 Å². The molecule has 0 atom stereocenters. The van der Waals surface area contributed by atoms with Gasteiger partial charge in [-0.05, 0) is 5.56 Å². The van der Waals surface area contributed by atoms with Crippen molar-refractivity contribution in [3.63, 3.8) is 0 Å². The fourth-order valence-electron chi connectivity index (χ4n) is 3.30. The molecule has 0 radical (unpaired) electrons. The summed E-state index contributed by atoms with van der Waals surface area (Å²) in [7, 11) is 0. The van der Waals surface area contributed by atoms with E-state index in [4.69, 9.17) is 0 Å². The Morgan fingerprint density at radius 2 is 1.65 bits per heavy atom. The summed E-state index contributed by atoms with van der Waals surface area (Å²) in [4.78, 5) is 0. The van der Waals surface area contributed by atoms with Crippen LogP contribution in [-0.2, 0) is 12.0 Å². The fourth-order valence-corrected chi connectivity index (χ4v) is 3.30. The average molecular weight is 275 g/mol. The summed E-state index contributed by atoms with van der Waals surface area (Å²) in [6.07, 6.45) is 3.93. The van der Waals surface area contributed by atoms with Crippen molar-refractivity contribution in [3.8, 4) is 0 Å². The van der Waals surface area contributed by atoms with Gasteiger partial charge in [-0.15, -0.1) is 0 Å². The van der Waals surface area contributed by atoms with E-state index in [1.807, 2.05) is 0 Å². The van der Waals surface area contributed by atoms with Crippen LogP contribution in [-0.4, -0.2) is 19.6 Å². The number of fused-ring (bicyclic) bond motifs is 2. The normalized spacial score (nSPS) is 20.9. The molecule has 0 amide bonds. The van der Waals surface area contributed by atoms with Crippen LogP contribution in [0.15, 0.2) is 24.3 Å². The highest BCUT2D eigenvalue weighted by Gasteiger charge is 2.42. The van der Waals surface area contributed by atoms with Crippen molar-refractivity contribution in [2.75, 3.05) is 19.6 Å². The Morgan fingerprint density at radius 1 is 0.941 bits per heavy atom. The Kier molecular flexibility index (Phi) is 5.26. The average Bonchev–Trinajstić information content (AvgIpc) is 2.31. The molecule has 0 bridgehead atoms. The first-order chi connectivity index (χ1) is 7.41. The Hall–Kier alpha value is -0.280. The third-order valence-electron chi connectivity index (χ3n) is 4.09. The number of quaternary nitrogens is 2. The molecule has 1 spiro atoms. The second kappa shape index (κ2) is 6.05. The molecule has 4 N–H and O–H groups in total. The van der Waals surface area contributed by atoms with E-state index in [0.717, 1.165) is 0 Å². The molecule has 0 aromatic heterocycles. The summed E-state index contributed by atoms with van der Waals surface area (Å²) in [6, 6.07) is 9.07. The van der Waals surface area contributed by atoms with Gasteiger partial charge in [0.05, 0.1) is 32.5 Å². The van der Waals surface area contributed by atoms with Gasteiger partial charge in [-0.25, -0.2) is 0 Å². The second-order valence-corrected chi connectivity index (χ2v) is 4.92. The lowest BCUT2D eigenvalue weighted by Crippen LogP contribution is -3.01. The van der Waals surface area contributed by atoms with Gasteiger partial charge in [0.2, 0.25) is 0 Å². The maximum absolute atomic E-state index is 2.60. The number of rotatable bonds is 0. The van der Waals surface area contributed by atoms with Crippen LogP contribution in [0.2, 0.25) is 0 Å². The molecule has 2 heterocycles. The van der Waals surface area contributed by atoms with Gasteiger partial charge in [0, 0.05) is 12.0 Å². The summed E-state index contributed by atoms with van der Waals surface area (Å²) >= 11 is 0. The van der Waals surface area contributed by atoms with Crippen molar-refractivity contribution in [2.45, 2.75) is 24.8 Å². The van der Waals surface area contributed by atoms with Gasteiger partial charge in [0.1, 0.15) is 5.54 Å². The molecule has 4 heteroatoms. The highest BCUT2D eigenvalue weighted by atomic mass is 35.5. The molecule has 1 saturated heterocycles. The van der Waals surface area contributed by atoms with Crippen molar-refractivity contribution in [2.24, 2.45) is 0 Å². The van der Waals surface area contributed by atoms with Crippen LogP contribution >= 0.6 is 0 Å². The molecule has 1 aromatic rings. The largest absolute Gasteiger partial charge is 1.00 e. The molecule has 0 unspecified atom stereocenters. The molecular formula is C13H20Cl2N2. The fraction of sp³-hybridized carbons (Fsp3) is 0.538. The number of benzene rings is 1.